The Hall–Kier alpha value is -1.26. The highest BCUT2D eigenvalue weighted by Crippen LogP contribution is 2.46. The van der Waals surface area contributed by atoms with Crippen LogP contribution >= 0.6 is 0 Å². The molecule has 4 heteroatoms. The molecule has 98 valence electrons. The molecule has 1 aromatic rings. The first-order chi connectivity index (χ1) is 8.44. The normalized spacial score (nSPS) is 20.7. The van der Waals surface area contributed by atoms with E-state index >= 15 is 0 Å². The van der Waals surface area contributed by atoms with Gasteiger partial charge in [-0.25, -0.2) is 0 Å². The van der Waals surface area contributed by atoms with Crippen LogP contribution in [-0.4, -0.2) is 25.5 Å². The number of hydrogen-bond donors (Lipinski definition) is 1. The molecule has 0 saturated carbocycles. The predicted octanol–water partition coefficient (Wildman–Crippen LogP) is 1.73. The molecule has 3 rings (SSSR count). The van der Waals surface area contributed by atoms with E-state index in [4.69, 9.17) is 19.9 Å². The average Bonchev–Trinajstić information content (AvgIpc) is 2.60. The Labute approximate surface area is 107 Å². The van der Waals surface area contributed by atoms with E-state index in [1.54, 1.807) is 0 Å². The zero-order valence-electron chi connectivity index (χ0n) is 11.1. The van der Waals surface area contributed by atoms with Crippen molar-refractivity contribution < 1.29 is 14.2 Å². The first kappa shape index (κ1) is 11.8. The van der Waals surface area contributed by atoms with Crippen molar-refractivity contribution >= 4 is 0 Å². The fourth-order valence-corrected chi connectivity index (χ4v) is 2.74. The third-order valence-electron chi connectivity index (χ3n) is 4.17. The average molecular weight is 249 g/mol. The molecule has 2 N–H and O–H groups in total. The fraction of sp³-hybridized carbons (Fsp3) is 0.571. The molecule has 0 atom stereocenters. The molecule has 2 aliphatic heterocycles. The summed E-state index contributed by atoms with van der Waals surface area (Å²) >= 11 is 0. The molecule has 0 amide bonds. The summed E-state index contributed by atoms with van der Waals surface area (Å²) in [5.41, 5.74) is 8.31. The first-order valence-corrected chi connectivity index (χ1v) is 6.21. The number of fused-ring (bicyclic) bond motifs is 1. The van der Waals surface area contributed by atoms with Crippen molar-refractivity contribution in [2.75, 3.05) is 20.0 Å². The molecule has 1 saturated heterocycles. The van der Waals surface area contributed by atoms with Crippen LogP contribution < -0.4 is 15.2 Å². The second-order valence-corrected chi connectivity index (χ2v) is 5.82. The van der Waals surface area contributed by atoms with Crippen molar-refractivity contribution in [1.29, 1.82) is 0 Å². The Balaban J connectivity index is 2.11. The molecule has 0 aliphatic carbocycles. The Bertz CT molecular complexity index is 487. The SMILES string of the molecule is Cc1cc2c(cc1C1(C(C)(C)N)COC1)OCO2. The van der Waals surface area contributed by atoms with Crippen LogP contribution in [0.2, 0.25) is 0 Å². The molecule has 1 aromatic carbocycles. The van der Waals surface area contributed by atoms with Crippen molar-refractivity contribution in [1.82, 2.24) is 0 Å². The lowest BCUT2D eigenvalue weighted by Crippen LogP contribution is -2.65. The van der Waals surface area contributed by atoms with Crippen LogP contribution in [0.25, 0.3) is 0 Å². The van der Waals surface area contributed by atoms with Gasteiger partial charge in [-0.1, -0.05) is 0 Å². The van der Waals surface area contributed by atoms with Crippen molar-refractivity contribution in [3.05, 3.63) is 23.3 Å². The number of rotatable bonds is 2. The van der Waals surface area contributed by atoms with Crippen LogP contribution in [0, 0.1) is 6.92 Å². The molecule has 0 unspecified atom stereocenters. The van der Waals surface area contributed by atoms with Crippen LogP contribution in [0.15, 0.2) is 12.1 Å². The Morgan fingerprint density at radius 3 is 2.28 bits per heavy atom. The summed E-state index contributed by atoms with van der Waals surface area (Å²) in [6.45, 7) is 7.82. The van der Waals surface area contributed by atoms with E-state index in [1.807, 2.05) is 6.07 Å². The van der Waals surface area contributed by atoms with E-state index in [9.17, 15) is 0 Å². The van der Waals surface area contributed by atoms with E-state index in [0.29, 0.717) is 20.0 Å². The quantitative estimate of drug-likeness (QED) is 0.867. The minimum atomic E-state index is -0.330. The van der Waals surface area contributed by atoms with Gasteiger partial charge in [0.2, 0.25) is 6.79 Å². The van der Waals surface area contributed by atoms with Crippen molar-refractivity contribution in [2.24, 2.45) is 5.73 Å². The largest absolute Gasteiger partial charge is 0.454 e. The summed E-state index contributed by atoms with van der Waals surface area (Å²) in [4.78, 5) is 0. The van der Waals surface area contributed by atoms with Gasteiger partial charge in [0.05, 0.1) is 18.6 Å². The smallest absolute Gasteiger partial charge is 0.231 e. The molecular weight excluding hydrogens is 230 g/mol. The molecule has 1 fully saturated rings. The topological polar surface area (TPSA) is 53.7 Å². The van der Waals surface area contributed by atoms with E-state index in [0.717, 1.165) is 11.5 Å². The van der Waals surface area contributed by atoms with E-state index in [1.165, 1.54) is 11.1 Å². The van der Waals surface area contributed by atoms with Gasteiger partial charge in [-0.3, -0.25) is 0 Å². The van der Waals surface area contributed by atoms with Gasteiger partial charge < -0.3 is 19.9 Å². The maximum Gasteiger partial charge on any atom is 0.231 e. The minimum Gasteiger partial charge on any atom is -0.454 e. The molecular formula is C14H19NO3. The fourth-order valence-electron chi connectivity index (χ4n) is 2.74. The highest BCUT2D eigenvalue weighted by atomic mass is 16.7. The molecule has 0 radical (unpaired) electrons. The second-order valence-electron chi connectivity index (χ2n) is 5.82. The highest BCUT2D eigenvalue weighted by Gasteiger charge is 2.51. The van der Waals surface area contributed by atoms with Crippen LogP contribution in [0.1, 0.15) is 25.0 Å². The highest BCUT2D eigenvalue weighted by molar-refractivity contribution is 5.52. The summed E-state index contributed by atoms with van der Waals surface area (Å²) in [6.07, 6.45) is 0. The summed E-state index contributed by atoms with van der Waals surface area (Å²) in [5.74, 6) is 1.63. The molecule has 0 spiro atoms. The molecule has 18 heavy (non-hydrogen) atoms. The van der Waals surface area contributed by atoms with Gasteiger partial charge in [-0.15, -0.1) is 0 Å². The van der Waals surface area contributed by atoms with Crippen molar-refractivity contribution in [3.8, 4) is 11.5 Å². The summed E-state index contributed by atoms with van der Waals surface area (Å²) in [6, 6.07) is 4.10. The number of nitrogens with two attached hydrogens (primary N) is 1. The Morgan fingerprint density at radius 2 is 1.78 bits per heavy atom. The van der Waals surface area contributed by atoms with Crippen molar-refractivity contribution in [3.63, 3.8) is 0 Å². The molecule has 2 aliphatic rings. The summed E-state index contributed by atoms with van der Waals surface area (Å²) < 4.78 is 16.3. The van der Waals surface area contributed by atoms with Crippen LogP contribution in [0.4, 0.5) is 0 Å². The van der Waals surface area contributed by atoms with Gasteiger partial charge in [0.25, 0.3) is 0 Å². The number of hydrogen-bond acceptors (Lipinski definition) is 4. The van der Waals surface area contributed by atoms with Gasteiger partial charge in [0.1, 0.15) is 0 Å². The second kappa shape index (κ2) is 3.62. The molecule has 4 nitrogen and oxygen atoms in total. The zero-order chi connectivity index (χ0) is 13.0. The maximum atomic E-state index is 6.37. The van der Waals surface area contributed by atoms with E-state index < -0.39 is 0 Å². The van der Waals surface area contributed by atoms with E-state index in [2.05, 4.69) is 26.8 Å². The van der Waals surface area contributed by atoms with Gasteiger partial charge in [-0.2, -0.15) is 0 Å². The van der Waals surface area contributed by atoms with Gasteiger partial charge >= 0.3 is 0 Å². The van der Waals surface area contributed by atoms with Crippen LogP contribution in [0.5, 0.6) is 11.5 Å². The van der Waals surface area contributed by atoms with Crippen molar-refractivity contribution in [2.45, 2.75) is 31.7 Å². The van der Waals surface area contributed by atoms with E-state index in [-0.39, 0.29) is 11.0 Å². The minimum absolute atomic E-state index is 0.127. The summed E-state index contributed by atoms with van der Waals surface area (Å²) in [5, 5.41) is 0. The molecule has 0 bridgehead atoms. The lowest BCUT2D eigenvalue weighted by molar-refractivity contribution is -0.0922. The number of ether oxygens (including phenoxy) is 3. The van der Waals surface area contributed by atoms with Gasteiger partial charge in [0, 0.05) is 5.54 Å². The lowest BCUT2D eigenvalue weighted by atomic mass is 9.64. The number of benzene rings is 1. The van der Waals surface area contributed by atoms with Crippen LogP contribution in [0.3, 0.4) is 0 Å². The van der Waals surface area contributed by atoms with Gasteiger partial charge in [0.15, 0.2) is 11.5 Å². The summed E-state index contributed by atoms with van der Waals surface area (Å²) in [7, 11) is 0. The third-order valence-corrected chi connectivity index (χ3v) is 4.17. The Morgan fingerprint density at radius 1 is 1.17 bits per heavy atom. The standard InChI is InChI=1S/C14H19NO3/c1-9-4-11-12(18-8-17-11)5-10(9)14(6-16-7-14)13(2,3)15/h4-5H,6-8,15H2,1-3H3. The first-order valence-electron chi connectivity index (χ1n) is 6.21. The monoisotopic (exact) mass is 249 g/mol. The maximum absolute atomic E-state index is 6.37. The van der Waals surface area contributed by atoms with Crippen LogP contribution in [-0.2, 0) is 10.2 Å². The zero-order valence-corrected chi connectivity index (χ0v) is 11.1. The molecule has 2 heterocycles. The molecule has 0 aromatic heterocycles. The Kier molecular flexibility index (Phi) is 2.37. The predicted molar refractivity (Wildman–Crippen MR) is 68.1 cm³/mol. The van der Waals surface area contributed by atoms with Gasteiger partial charge in [-0.05, 0) is 44.0 Å². The third kappa shape index (κ3) is 1.45. The lowest BCUT2D eigenvalue weighted by Gasteiger charge is -2.51. The number of aryl methyl sites for hydroxylation is 1.